The number of rotatable bonds is 7. The fourth-order valence-corrected chi connectivity index (χ4v) is 3.67. The molecule has 5 heteroatoms. The van der Waals surface area contributed by atoms with Gasteiger partial charge in [-0.25, -0.2) is 4.98 Å². The number of aliphatic hydroxyl groups excluding tert-OH is 1. The van der Waals surface area contributed by atoms with Crippen LogP contribution in [0.3, 0.4) is 0 Å². The van der Waals surface area contributed by atoms with Crippen LogP contribution in [0.5, 0.6) is 5.75 Å². The van der Waals surface area contributed by atoms with Gasteiger partial charge in [-0.15, -0.1) is 0 Å². The van der Waals surface area contributed by atoms with Crippen molar-refractivity contribution in [1.29, 1.82) is 0 Å². The van der Waals surface area contributed by atoms with Gasteiger partial charge in [-0.05, 0) is 42.0 Å². The lowest BCUT2D eigenvalue weighted by Crippen LogP contribution is -2.44. The van der Waals surface area contributed by atoms with Crippen molar-refractivity contribution in [3.8, 4) is 5.75 Å². The molecule has 2 N–H and O–H groups in total. The second kappa shape index (κ2) is 9.04. The number of piperazine rings is 1. The Labute approximate surface area is 166 Å². The van der Waals surface area contributed by atoms with E-state index in [1.807, 2.05) is 12.1 Å². The maximum atomic E-state index is 8.85. The van der Waals surface area contributed by atoms with Crippen molar-refractivity contribution in [2.75, 3.05) is 44.3 Å². The highest BCUT2D eigenvalue weighted by atomic mass is 16.5. The molecule has 1 aliphatic heterocycles. The molecule has 1 aromatic heterocycles. The molecule has 5 nitrogen and oxygen atoms in total. The number of hydrogen-bond donors (Lipinski definition) is 2. The van der Waals surface area contributed by atoms with Gasteiger partial charge in [0.2, 0.25) is 0 Å². The van der Waals surface area contributed by atoms with Gasteiger partial charge in [0.1, 0.15) is 18.2 Å². The molecule has 146 valence electrons. The maximum absolute atomic E-state index is 8.85. The molecule has 4 rings (SSSR count). The molecule has 0 amide bonds. The Hall–Kier alpha value is -2.63. The van der Waals surface area contributed by atoms with Crippen molar-refractivity contribution in [3.63, 3.8) is 0 Å². The number of nitrogens with one attached hydrogen (secondary N) is 1. The molecule has 3 aromatic rings. The van der Waals surface area contributed by atoms with Gasteiger partial charge >= 0.3 is 0 Å². The topological polar surface area (TPSA) is 57.6 Å². The third-order valence-electron chi connectivity index (χ3n) is 5.14. The lowest BCUT2D eigenvalue weighted by Gasteiger charge is -2.29. The Morgan fingerprint density at radius 1 is 1.00 bits per heavy atom. The van der Waals surface area contributed by atoms with E-state index < -0.39 is 0 Å². The number of aliphatic hydroxyl groups is 1. The van der Waals surface area contributed by atoms with Crippen molar-refractivity contribution in [3.05, 3.63) is 65.9 Å². The van der Waals surface area contributed by atoms with Crippen molar-refractivity contribution in [1.82, 2.24) is 10.3 Å². The zero-order valence-corrected chi connectivity index (χ0v) is 16.1. The summed E-state index contributed by atoms with van der Waals surface area (Å²) >= 11 is 0. The molecule has 0 atom stereocenters. The van der Waals surface area contributed by atoms with Crippen molar-refractivity contribution >= 4 is 16.6 Å². The van der Waals surface area contributed by atoms with Gasteiger partial charge in [0.05, 0.1) is 6.61 Å². The number of nitrogens with zero attached hydrogens (tertiary/aromatic N) is 2. The third kappa shape index (κ3) is 4.43. The second-order valence-electron chi connectivity index (χ2n) is 7.11. The number of hydrogen-bond acceptors (Lipinski definition) is 5. The van der Waals surface area contributed by atoms with Crippen LogP contribution in [0.15, 0.2) is 54.6 Å². The summed E-state index contributed by atoms with van der Waals surface area (Å²) in [6, 6.07) is 18.9. The zero-order chi connectivity index (χ0) is 19.2. The first-order valence-electron chi connectivity index (χ1n) is 10.0. The fraction of sp³-hybridized carbons (Fsp3) is 0.348. The molecule has 0 radical (unpaired) electrons. The number of ether oxygens (including phenoxy) is 1. The van der Waals surface area contributed by atoms with Crippen LogP contribution in [0.1, 0.15) is 11.3 Å². The number of fused-ring (bicyclic) bond motifs is 1. The van der Waals surface area contributed by atoms with E-state index in [0.29, 0.717) is 6.61 Å². The van der Waals surface area contributed by atoms with Gasteiger partial charge in [0, 0.05) is 37.3 Å². The summed E-state index contributed by atoms with van der Waals surface area (Å²) in [5.74, 6) is 1.91. The zero-order valence-electron chi connectivity index (χ0n) is 16.1. The minimum Gasteiger partial charge on any atom is -0.491 e. The van der Waals surface area contributed by atoms with Crippen LogP contribution >= 0.6 is 0 Å². The van der Waals surface area contributed by atoms with Crippen molar-refractivity contribution in [2.24, 2.45) is 0 Å². The molecule has 2 heterocycles. The fourth-order valence-electron chi connectivity index (χ4n) is 3.67. The molecule has 1 fully saturated rings. The third-order valence-corrected chi connectivity index (χ3v) is 5.14. The van der Waals surface area contributed by atoms with E-state index in [-0.39, 0.29) is 6.61 Å². The summed E-state index contributed by atoms with van der Waals surface area (Å²) in [5.41, 5.74) is 2.39. The summed E-state index contributed by atoms with van der Waals surface area (Å²) < 4.78 is 5.43. The van der Waals surface area contributed by atoms with Gasteiger partial charge in [0.15, 0.2) is 0 Å². The van der Waals surface area contributed by atoms with Crippen LogP contribution < -0.4 is 15.0 Å². The summed E-state index contributed by atoms with van der Waals surface area (Å²) in [6.07, 6.45) is 1.84. The van der Waals surface area contributed by atoms with Crippen LogP contribution in [0.4, 0.5) is 5.82 Å². The minimum absolute atomic E-state index is 0.0325. The number of benzene rings is 2. The van der Waals surface area contributed by atoms with E-state index in [2.05, 4.69) is 52.7 Å². The average molecular weight is 377 g/mol. The molecular weight excluding hydrogens is 350 g/mol. The maximum Gasteiger partial charge on any atom is 0.136 e. The number of pyridine rings is 1. The first-order chi connectivity index (χ1) is 13.8. The monoisotopic (exact) mass is 377 g/mol. The predicted molar refractivity (Wildman–Crippen MR) is 113 cm³/mol. The quantitative estimate of drug-likeness (QED) is 0.663. The largest absolute Gasteiger partial charge is 0.491 e. The highest BCUT2D eigenvalue weighted by Gasteiger charge is 2.15. The van der Waals surface area contributed by atoms with Crippen LogP contribution in [0, 0.1) is 0 Å². The lowest BCUT2D eigenvalue weighted by molar-refractivity contribution is 0.201. The highest BCUT2D eigenvalue weighted by molar-refractivity contribution is 5.92. The molecule has 0 aliphatic carbocycles. The number of anilines is 1. The molecule has 0 bridgehead atoms. The van der Waals surface area contributed by atoms with Crippen molar-refractivity contribution < 1.29 is 9.84 Å². The Balaban J connectivity index is 1.52. The van der Waals surface area contributed by atoms with E-state index in [9.17, 15) is 0 Å². The van der Waals surface area contributed by atoms with Gasteiger partial charge in [-0.2, -0.15) is 0 Å². The van der Waals surface area contributed by atoms with Crippen LogP contribution in [0.25, 0.3) is 10.8 Å². The predicted octanol–water partition coefficient (Wildman–Crippen LogP) is 2.80. The summed E-state index contributed by atoms with van der Waals surface area (Å²) in [6.45, 7) is 4.36. The first-order valence-corrected chi connectivity index (χ1v) is 10.0. The number of aromatic nitrogens is 1. The molecule has 1 saturated heterocycles. The molecule has 2 aromatic carbocycles. The molecule has 0 saturated carbocycles. The summed E-state index contributed by atoms with van der Waals surface area (Å²) in [4.78, 5) is 7.44. The van der Waals surface area contributed by atoms with Gasteiger partial charge < -0.3 is 20.1 Å². The van der Waals surface area contributed by atoms with E-state index in [0.717, 1.165) is 56.3 Å². The molecular formula is C23H27N3O2. The first kappa shape index (κ1) is 18.7. The summed E-state index contributed by atoms with van der Waals surface area (Å²) in [7, 11) is 0. The number of aryl methyl sites for hydroxylation is 2. The Morgan fingerprint density at radius 2 is 1.79 bits per heavy atom. The van der Waals surface area contributed by atoms with E-state index in [1.165, 1.54) is 16.3 Å². The van der Waals surface area contributed by atoms with Crippen LogP contribution in [0.2, 0.25) is 0 Å². The summed E-state index contributed by atoms with van der Waals surface area (Å²) in [5, 5.41) is 14.8. The normalized spacial score (nSPS) is 14.4. The van der Waals surface area contributed by atoms with E-state index in [1.54, 1.807) is 0 Å². The Morgan fingerprint density at radius 3 is 2.57 bits per heavy atom. The van der Waals surface area contributed by atoms with E-state index in [4.69, 9.17) is 14.8 Å². The Kier molecular flexibility index (Phi) is 6.04. The van der Waals surface area contributed by atoms with Crippen LogP contribution in [-0.2, 0) is 12.8 Å². The van der Waals surface area contributed by atoms with Gasteiger partial charge in [-0.3, -0.25) is 0 Å². The highest BCUT2D eigenvalue weighted by Crippen LogP contribution is 2.26. The molecule has 0 unspecified atom stereocenters. The SMILES string of the molecule is OCCOc1ccc(CCc2cc3ccccc3c(N3CCNCC3)n2)cc1. The van der Waals surface area contributed by atoms with Crippen molar-refractivity contribution in [2.45, 2.75) is 12.8 Å². The minimum atomic E-state index is 0.0325. The van der Waals surface area contributed by atoms with Gasteiger partial charge in [-0.1, -0.05) is 36.4 Å². The standard InChI is InChI=1S/C23H27N3O2/c27-15-16-28-21-9-6-18(7-10-21)5-8-20-17-19-3-1-2-4-22(19)23(25-20)26-13-11-24-12-14-26/h1-4,6-7,9-10,17,24,27H,5,8,11-16H2. The molecule has 0 spiro atoms. The van der Waals surface area contributed by atoms with E-state index >= 15 is 0 Å². The molecule has 28 heavy (non-hydrogen) atoms. The smallest absolute Gasteiger partial charge is 0.136 e. The second-order valence-corrected chi connectivity index (χ2v) is 7.11. The van der Waals surface area contributed by atoms with Gasteiger partial charge in [0.25, 0.3) is 0 Å². The lowest BCUT2D eigenvalue weighted by atomic mass is 10.0. The average Bonchev–Trinajstić information content (AvgIpc) is 2.77. The van der Waals surface area contributed by atoms with Crippen LogP contribution in [-0.4, -0.2) is 49.5 Å². The molecule has 1 aliphatic rings. The Bertz CT molecular complexity index is 905.